The molecule has 4 heteroatoms. The highest BCUT2D eigenvalue weighted by molar-refractivity contribution is 7.99. The third kappa shape index (κ3) is 5.25. The zero-order valence-electron chi connectivity index (χ0n) is 17.7. The highest BCUT2D eigenvalue weighted by Gasteiger charge is 2.31. The lowest BCUT2D eigenvalue weighted by atomic mass is 10.0. The minimum absolute atomic E-state index is 0.111. The Morgan fingerprint density at radius 3 is 2.50 bits per heavy atom. The Labute approximate surface area is 184 Å². The van der Waals surface area contributed by atoms with Gasteiger partial charge >= 0.3 is 0 Å². The molecule has 3 nitrogen and oxygen atoms in total. The predicted octanol–water partition coefficient (Wildman–Crippen LogP) is 5.74. The summed E-state index contributed by atoms with van der Waals surface area (Å²) in [6.07, 6.45) is 0.111. The smallest absolute Gasteiger partial charge is 0.132 e. The van der Waals surface area contributed by atoms with Crippen LogP contribution in [0.5, 0.6) is 5.75 Å². The summed E-state index contributed by atoms with van der Waals surface area (Å²) in [5.74, 6) is 0.913. The third-order valence-electron chi connectivity index (χ3n) is 5.49. The van der Waals surface area contributed by atoms with Crippen LogP contribution in [0, 0.1) is 6.92 Å². The largest absolute Gasteiger partial charge is 0.496 e. The zero-order valence-corrected chi connectivity index (χ0v) is 18.5. The van der Waals surface area contributed by atoms with Crippen LogP contribution in [0.25, 0.3) is 0 Å². The van der Waals surface area contributed by atoms with Crippen molar-refractivity contribution < 1.29 is 9.47 Å². The molecule has 0 spiro atoms. The summed E-state index contributed by atoms with van der Waals surface area (Å²) in [7, 11) is 1.74. The van der Waals surface area contributed by atoms with Gasteiger partial charge < -0.3 is 9.47 Å². The molecule has 0 aromatic heterocycles. The normalized spacial score (nSPS) is 18.1. The van der Waals surface area contributed by atoms with E-state index in [0.717, 1.165) is 36.9 Å². The van der Waals surface area contributed by atoms with E-state index in [0.29, 0.717) is 0 Å². The topological polar surface area (TPSA) is 21.7 Å². The number of nitrogens with zero attached hydrogens (tertiary/aromatic N) is 1. The summed E-state index contributed by atoms with van der Waals surface area (Å²) in [6, 6.07) is 27.8. The standard InChI is InChI=1S/C26H29NO2S/c1-20-12-14-22(15-13-20)26(30-25-11-7-6-10-23(25)28-2)24-19-27(16-17-29-24)18-21-8-4-3-5-9-21/h3-15,24,26H,16-19H2,1-2H3/t24-,26-/m1/s1. The molecule has 0 unspecified atom stereocenters. The molecule has 4 rings (SSSR count). The van der Waals surface area contributed by atoms with E-state index in [1.165, 1.54) is 16.7 Å². The Hall–Kier alpha value is -2.27. The van der Waals surface area contributed by atoms with E-state index in [-0.39, 0.29) is 11.4 Å². The van der Waals surface area contributed by atoms with Gasteiger partial charge in [-0.05, 0) is 30.2 Å². The van der Waals surface area contributed by atoms with Crippen LogP contribution in [-0.2, 0) is 11.3 Å². The van der Waals surface area contributed by atoms with Crippen LogP contribution in [-0.4, -0.2) is 37.8 Å². The number of hydrogen-bond donors (Lipinski definition) is 0. The van der Waals surface area contributed by atoms with Gasteiger partial charge in [-0.3, -0.25) is 4.90 Å². The van der Waals surface area contributed by atoms with E-state index >= 15 is 0 Å². The summed E-state index contributed by atoms with van der Waals surface area (Å²) in [5.41, 5.74) is 3.92. The van der Waals surface area contributed by atoms with Crippen molar-refractivity contribution in [3.05, 3.63) is 95.6 Å². The van der Waals surface area contributed by atoms with Crippen LogP contribution in [0.1, 0.15) is 21.9 Å². The molecular formula is C26H29NO2S. The zero-order chi connectivity index (χ0) is 20.8. The van der Waals surface area contributed by atoms with Gasteiger partial charge in [-0.2, -0.15) is 0 Å². The number of methoxy groups -OCH3 is 1. The molecule has 0 amide bonds. The van der Waals surface area contributed by atoms with Gasteiger partial charge in [0.25, 0.3) is 0 Å². The number of ether oxygens (including phenoxy) is 2. The predicted molar refractivity (Wildman–Crippen MR) is 124 cm³/mol. The fourth-order valence-electron chi connectivity index (χ4n) is 3.87. The van der Waals surface area contributed by atoms with E-state index in [9.17, 15) is 0 Å². The first-order valence-corrected chi connectivity index (χ1v) is 11.3. The maximum atomic E-state index is 6.34. The minimum Gasteiger partial charge on any atom is -0.496 e. The second kappa shape index (κ2) is 10.2. The molecule has 0 bridgehead atoms. The fraction of sp³-hybridized carbons (Fsp3) is 0.308. The first-order chi connectivity index (χ1) is 14.7. The molecule has 3 aromatic carbocycles. The Kier molecular flexibility index (Phi) is 7.11. The summed E-state index contributed by atoms with van der Waals surface area (Å²) in [5, 5.41) is 0.195. The average Bonchev–Trinajstić information content (AvgIpc) is 2.79. The highest BCUT2D eigenvalue weighted by Crippen LogP contribution is 2.43. The second-order valence-electron chi connectivity index (χ2n) is 7.73. The van der Waals surface area contributed by atoms with Gasteiger partial charge in [0.15, 0.2) is 0 Å². The number of rotatable bonds is 7. The number of benzene rings is 3. The Morgan fingerprint density at radius 2 is 1.73 bits per heavy atom. The summed E-state index contributed by atoms with van der Waals surface area (Å²) < 4.78 is 12.0. The second-order valence-corrected chi connectivity index (χ2v) is 8.91. The molecule has 156 valence electrons. The molecule has 1 aliphatic heterocycles. The molecule has 0 saturated carbocycles. The van der Waals surface area contributed by atoms with Gasteiger partial charge in [0, 0.05) is 19.6 Å². The van der Waals surface area contributed by atoms with Crippen molar-refractivity contribution >= 4 is 11.8 Å². The van der Waals surface area contributed by atoms with Crippen LogP contribution in [0.4, 0.5) is 0 Å². The Balaban J connectivity index is 1.57. The van der Waals surface area contributed by atoms with Gasteiger partial charge in [0.1, 0.15) is 5.75 Å². The lowest BCUT2D eigenvalue weighted by Gasteiger charge is -2.37. The molecule has 1 fully saturated rings. The minimum atomic E-state index is 0.111. The number of hydrogen-bond acceptors (Lipinski definition) is 4. The van der Waals surface area contributed by atoms with Gasteiger partial charge in [0.2, 0.25) is 0 Å². The maximum Gasteiger partial charge on any atom is 0.132 e. The number of morpholine rings is 1. The van der Waals surface area contributed by atoms with Crippen molar-refractivity contribution in [1.29, 1.82) is 0 Å². The molecule has 2 atom stereocenters. The molecule has 0 N–H and O–H groups in total. The lowest BCUT2D eigenvalue weighted by Crippen LogP contribution is -2.44. The van der Waals surface area contributed by atoms with Crippen LogP contribution in [0.3, 0.4) is 0 Å². The molecule has 1 aliphatic rings. The van der Waals surface area contributed by atoms with Gasteiger partial charge in [-0.25, -0.2) is 0 Å². The quantitative estimate of drug-likeness (QED) is 0.455. The van der Waals surface area contributed by atoms with E-state index in [4.69, 9.17) is 9.47 Å². The SMILES string of the molecule is COc1ccccc1S[C@H](c1ccc(C)cc1)[C@H]1CN(Cc2ccccc2)CCO1. The van der Waals surface area contributed by atoms with Crippen LogP contribution >= 0.6 is 11.8 Å². The molecule has 0 aliphatic carbocycles. The van der Waals surface area contributed by atoms with Crippen LogP contribution in [0.15, 0.2) is 83.8 Å². The van der Waals surface area contributed by atoms with E-state index < -0.39 is 0 Å². The fourth-order valence-corrected chi connectivity index (χ4v) is 5.18. The Morgan fingerprint density at radius 1 is 1.00 bits per heavy atom. The van der Waals surface area contributed by atoms with E-state index in [2.05, 4.69) is 78.6 Å². The summed E-state index contributed by atoms with van der Waals surface area (Å²) in [6.45, 7) is 5.72. The van der Waals surface area contributed by atoms with Crippen molar-refractivity contribution in [2.24, 2.45) is 0 Å². The molecule has 3 aromatic rings. The molecule has 0 radical (unpaired) electrons. The lowest BCUT2D eigenvalue weighted by molar-refractivity contribution is -0.0319. The van der Waals surface area contributed by atoms with E-state index in [1.807, 2.05) is 23.9 Å². The molecule has 30 heavy (non-hydrogen) atoms. The molecule has 1 heterocycles. The van der Waals surface area contributed by atoms with Crippen LogP contribution in [0.2, 0.25) is 0 Å². The molecular weight excluding hydrogens is 390 g/mol. The summed E-state index contributed by atoms with van der Waals surface area (Å²) in [4.78, 5) is 3.65. The molecule has 1 saturated heterocycles. The van der Waals surface area contributed by atoms with Crippen molar-refractivity contribution in [2.75, 3.05) is 26.8 Å². The van der Waals surface area contributed by atoms with Gasteiger partial charge in [0.05, 0.1) is 30.0 Å². The third-order valence-corrected chi connectivity index (χ3v) is 6.91. The van der Waals surface area contributed by atoms with Crippen molar-refractivity contribution in [3.63, 3.8) is 0 Å². The Bertz CT molecular complexity index is 929. The number of para-hydroxylation sites is 1. The van der Waals surface area contributed by atoms with Crippen molar-refractivity contribution in [3.8, 4) is 5.75 Å². The number of aryl methyl sites for hydroxylation is 1. The first kappa shape index (κ1) is 21.0. The average molecular weight is 420 g/mol. The van der Waals surface area contributed by atoms with Gasteiger partial charge in [-0.15, -0.1) is 11.8 Å². The van der Waals surface area contributed by atoms with Crippen LogP contribution < -0.4 is 4.74 Å². The first-order valence-electron chi connectivity index (χ1n) is 10.5. The van der Waals surface area contributed by atoms with Crippen molar-refractivity contribution in [2.45, 2.75) is 29.7 Å². The van der Waals surface area contributed by atoms with Gasteiger partial charge in [-0.1, -0.05) is 72.3 Å². The summed E-state index contributed by atoms with van der Waals surface area (Å²) >= 11 is 1.84. The van der Waals surface area contributed by atoms with E-state index in [1.54, 1.807) is 7.11 Å². The number of thioether (sulfide) groups is 1. The maximum absolute atomic E-state index is 6.34. The highest BCUT2D eigenvalue weighted by atomic mass is 32.2. The monoisotopic (exact) mass is 419 g/mol. The van der Waals surface area contributed by atoms with Crippen molar-refractivity contribution in [1.82, 2.24) is 4.90 Å².